The van der Waals surface area contributed by atoms with Crippen LogP contribution in [0.15, 0.2) is 0 Å². The molecule has 1 aliphatic carbocycles. The summed E-state index contributed by atoms with van der Waals surface area (Å²) in [4.78, 5) is 11.0. The highest BCUT2D eigenvalue weighted by Crippen LogP contribution is 2.33. The summed E-state index contributed by atoms with van der Waals surface area (Å²) in [6.45, 7) is 2.12. The highest BCUT2D eigenvalue weighted by Gasteiger charge is 2.25. The van der Waals surface area contributed by atoms with Crippen LogP contribution in [-0.4, -0.2) is 17.7 Å². The van der Waals surface area contributed by atoms with Crippen LogP contribution in [0.3, 0.4) is 0 Å². The number of thiol groups is 1. The smallest absolute Gasteiger partial charge is 0.229 e. The van der Waals surface area contributed by atoms with Crippen molar-refractivity contribution in [1.29, 1.82) is 0 Å². The number of hydrogen-bond acceptors (Lipinski definition) is 2. The fraction of sp³-hybridized carbons (Fsp3) is 0.889. The lowest BCUT2D eigenvalue weighted by Gasteiger charge is -2.15. The molecular formula is C9H17NOS. The van der Waals surface area contributed by atoms with Crippen LogP contribution in [0.2, 0.25) is 0 Å². The molecule has 1 rings (SSSR count). The number of carbonyl (C=O) groups is 1. The van der Waals surface area contributed by atoms with Gasteiger partial charge in [0.2, 0.25) is 5.91 Å². The van der Waals surface area contributed by atoms with Gasteiger partial charge in [0.25, 0.3) is 0 Å². The van der Waals surface area contributed by atoms with Gasteiger partial charge in [0, 0.05) is 6.04 Å². The van der Waals surface area contributed by atoms with Crippen molar-refractivity contribution in [2.24, 2.45) is 5.92 Å². The summed E-state index contributed by atoms with van der Waals surface area (Å²) in [5, 5.41) is 2.97. The van der Waals surface area contributed by atoms with Gasteiger partial charge < -0.3 is 5.32 Å². The quantitative estimate of drug-likeness (QED) is 0.629. The van der Waals surface area contributed by atoms with E-state index in [2.05, 4.69) is 24.9 Å². The molecule has 0 aliphatic heterocycles. The fourth-order valence-electron chi connectivity index (χ4n) is 1.36. The third-order valence-corrected chi connectivity index (χ3v) is 2.60. The summed E-state index contributed by atoms with van der Waals surface area (Å²) >= 11 is 3.92. The Morgan fingerprint density at radius 3 is 2.75 bits per heavy atom. The molecular weight excluding hydrogens is 170 g/mol. The van der Waals surface area contributed by atoms with Crippen molar-refractivity contribution in [3.63, 3.8) is 0 Å². The average Bonchev–Trinajstić information content (AvgIpc) is 2.86. The molecule has 1 saturated carbocycles. The van der Waals surface area contributed by atoms with E-state index in [9.17, 15) is 4.79 Å². The largest absolute Gasteiger partial charge is 0.353 e. The zero-order valence-corrected chi connectivity index (χ0v) is 8.44. The molecule has 70 valence electrons. The summed E-state index contributed by atoms with van der Waals surface area (Å²) in [7, 11) is 0. The molecule has 0 heterocycles. The number of hydrogen-bond donors (Lipinski definition) is 2. The van der Waals surface area contributed by atoms with E-state index in [0.29, 0.717) is 11.8 Å². The van der Waals surface area contributed by atoms with Gasteiger partial charge in [-0.3, -0.25) is 4.79 Å². The summed E-state index contributed by atoms with van der Waals surface area (Å²) in [6, 6.07) is 0.386. The molecule has 3 heteroatoms. The molecule has 0 saturated heterocycles. The molecule has 0 aromatic heterocycles. The van der Waals surface area contributed by atoms with Gasteiger partial charge in [-0.25, -0.2) is 0 Å². The van der Waals surface area contributed by atoms with Crippen molar-refractivity contribution in [3.8, 4) is 0 Å². The molecule has 1 unspecified atom stereocenters. The van der Waals surface area contributed by atoms with E-state index < -0.39 is 0 Å². The van der Waals surface area contributed by atoms with E-state index in [1.165, 1.54) is 12.8 Å². The van der Waals surface area contributed by atoms with Gasteiger partial charge in [0.05, 0.1) is 5.75 Å². The minimum atomic E-state index is 0.0610. The Morgan fingerprint density at radius 1 is 1.67 bits per heavy atom. The monoisotopic (exact) mass is 187 g/mol. The molecule has 0 aromatic rings. The summed E-state index contributed by atoms with van der Waals surface area (Å²) in [6.07, 6.45) is 4.91. The molecule has 1 N–H and O–H groups in total. The maximum absolute atomic E-state index is 11.0. The molecule has 2 nitrogen and oxygen atoms in total. The van der Waals surface area contributed by atoms with Gasteiger partial charge in [-0.05, 0) is 18.8 Å². The van der Waals surface area contributed by atoms with Crippen LogP contribution in [0, 0.1) is 5.92 Å². The van der Waals surface area contributed by atoms with Crippen LogP contribution >= 0.6 is 12.6 Å². The van der Waals surface area contributed by atoms with Crippen LogP contribution in [0.5, 0.6) is 0 Å². The van der Waals surface area contributed by atoms with Gasteiger partial charge in [-0.2, -0.15) is 12.6 Å². The van der Waals surface area contributed by atoms with E-state index in [1.807, 2.05) is 0 Å². The molecule has 1 fully saturated rings. The van der Waals surface area contributed by atoms with Crippen molar-refractivity contribution in [1.82, 2.24) is 5.32 Å². The van der Waals surface area contributed by atoms with Gasteiger partial charge in [0.1, 0.15) is 0 Å². The number of rotatable bonds is 5. The topological polar surface area (TPSA) is 29.1 Å². The fourth-order valence-corrected chi connectivity index (χ4v) is 1.45. The zero-order valence-electron chi connectivity index (χ0n) is 7.55. The first kappa shape index (κ1) is 9.90. The van der Waals surface area contributed by atoms with Gasteiger partial charge in [0.15, 0.2) is 0 Å². The zero-order chi connectivity index (χ0) is 8.97. The minimum absolute atomic E-state index is 0.0610. The molecule has 1 atom stereocenters. The lowest BCUT2D eigenvalue weighted by atomic mass is 10.1. The van der Waals surface area contributed by atoms with Crippen molar-refractivity contribution in [2.45, 2.75) is 38.6 Å². The first-order valence-electron chi connectivity index (χ1n) is 4.66. The molecule has 1 aliphatic rings. The summed E-state index contributed by atoms with van der Waals surface area (Å²) in [5.41, 5.74) is 0. The van der Waals surface area contributed by atoms with E-state index in [-0.39, 0.29) is 5.91 Å². The molecule has 12 heavy (non-hydrogen) atoms. The number of amides is 1. The maximum atomic E-state index is 11.0. The summed E-state index contributed by atoms with van der Waals surface area (Å²) < 4.78 is 0. The van der Waals surface area contributed by atoms with Crippen molar-refractivity contribution < 1.29 is 4.79 Å². The van der Waals surface area contributed by atoms with Gasteiger partial charge in [-0.1, -0.05) is 19.8 Å². The SMILES string of the molecule is CCC(CC1CC1)NC(=O)CS. The van der Waals surface area contributed by atoms with Gasteiger partial charge in [-0.15, -0.1) is 0 Å². The molecule has 0 spiro atoms. The van der Waals surface area contributed by atoms with Crippen molar-refractivity contribution in [3.05, 3.63) is 0 Å². The lowest BCUT2D eigenvalue weighted by molar-refractivity contribution is -0.119. The highest BCUT2D eigenvalue weighted by molar-refractivity contribution is 7.81. The normalized spacial score (nSPS) is 18.8. The molecule has 1 amide bonds. The third kappa shape index (κ3) is 3.48. The molecule has 0 radical (unpaired) electrons. The third-order valence-electron chi connectivity index (χ3n) is 2.32. The van der Waals surface area contributed by atoms with Crippen molar-refractivity contribution >= 4 is 18.5 Å². The Bertz CT molecular complexity index is 157. The standard InChI is InChI=1S/C9H17NOS/c1-2-8(5-7-3-4-7)10-9(11)6-12/h7-8,12H,2-6H2,1H3,(H,10,11). The van der Waals surface area contributed by atoms with E-state index in [0.717, 1.165) is 18.8 Å². The van der Waals surface area contributed by atoms with Gasteiger partial charge >= 0.3 is 0 Å². The Balaban J connectivity index is 2.18. The van der Waals surface area contributed by atoms with E-state index in [1.54, 1.807) is 0 Å². The lowest BCUT2D eigenvalue weighted by Crippen LogP contribution is -2.35. The second-order valence-corrected chi connectivity index (χ2v) is 3.83. The van der Waals surface area contributed by atoms with Crippen molar-refractivity contribution in [2.75, 3.05) is 5.75 Å². The average molecular weight is 187 g/mol. The van der Waals surface area contributed by atoms with E-state index >= 15 is 0 Å². The second kappa shape index (κ2) is 4.75. The Kier molecular flexibility index (Phi) is 3.92. The van der Waals surface area contributed by atoms with Crippen LogP contribution in [-0.2, 0) is 4.79 Å². The second-order valence-electron chi connectivity index (χ2n) is 3.51. The predicted molar refractivity (Wildman–Crippen MR) is 53.4 cm³/mol. The number of nitrogens with one attached hydrogen (secondary N) is 1. The number of carbonyl (C=O) groups excluding carboxylic acids is 1. The van der Waals surface area contributed by atoms with Crippen LogP contribution in [0.1, 0.15) is 32.6 Å². The minimum Gasteiger partial charge on any atom is -0.353 e. The van der Waals surface area contributed by atoms with Crippen LogP contribution in [0.25, 0.3) is 0 Å². The first-order chi connectivity index (χ1) is 5.76. The molecule has 0 aromatic carbocycles. The molecule has 0 bridgehead atoms. The summed E-state index contributed by atoms with van der Waals surface area (Å²) in [5.74, 6) is 1.25. The highest BCUT2D eigenvalue weighted by atomic mass is 32.1. The van der Waals surface area contributed by atoms with Crippen LogP contribution < -0.4 is 5.32 Å². The Morgan fingerprint density at radius 2 is 2.33 bits per heavy atom. The van der Waals surface area contributed by atoms with Crippen LogP contribution in [0.4, 0.5) is 0 Å². The predicted octanol–water partition coefficient (Wildman–Crippen LogP) is 1.61. The maximum Gasteiger partial charge on any atom is 0.229 e. The Labute approximate surface area is 79.5 Å². The van der Waals surface area contributed by atoms with E-state index in [4.69, 9.17) is 0 Å². The first-order valence-corrected chi connectivity index (χ1v) is 5.29. The Hall–Kier alpha value is -0.180.